The van der Waals surface area contributed by atoms with Crippen LogP contribution < -0.4 is 0 Å². The minimum atomic E-state index is -0.100. The Bertz CT molecular complexity index is 540. The molecule has 0 aromatic heterocycles. The molecule has 0 aliphatic carbocycles. The molecular weight excluding hydrogens is 552 g/mol. The predicted molar refractivity (Wildman–Crippen MR) is 191 cm³/mol. The molecule has 0 atom stereocenters. The third-order valence-electron chi connectivity index (χ3n) is 8.07. The van der Waals surface area contributed by atoms with Gasteiger partial charge in [-0.2, -0.15) is 0 Å². The zero-order valence-electron chi connectivity index (χ0n) is 29.7. The van der Waals surface area contributed by atoms with Crippen LogP contribution in [0.15, 0.2) is 0 Å². The first kappa shape index (κ1) is 44.4. The molecule has 258 valence electrons. The highest BCUT2D eigenvalue weighted by molar-refractivity contribution is 7.95. The van der Waals surface area contributed by atoms with Crippen molar-refractivity contribution in [1.82, 2.24) is 0 Å². The van der Waals surface area contributed by atoms with Crippen molar-refractivity contribution in [3.8, 4) is 0 Å². The number of carbonyl (C=O) groups is 2. The number of ether oxygens (including phenoxy) is 1. The van der Waals surface area contributed by atoms with E-state index < -0.39 is 0 Å². The maximum absolute atomic E-state index is 10.9. The second kappa shape index (κ2) is 41.3. The van der Waals surface area contributed by atoms with Crippen molar-refractivity contribution in [2.75, 3.05) is 12.4 Å². The van der Waals surface area contributed by atoms with Crippen LogP contribution in [0.25, 0.3) is 0 Å². The molecule has 0 aliphatic rings. The molecule has 43 heavy (non-hydrogen) atoms. The first-order chi connectivity index (χ1) is 21.1. The summed E-state index contributed by atoms with van der Waals surface area (Å²) in [5.74, 6) is 0.782. The fourth-order valence-electron chi connectivity index (χ4n) is 5.11. The van der Waals surface area contributed by atoms with Crippen LogP contribution in [0.3, 0.4) is 0 Å². The summed E-state index contributed by atoms with van der Waals surface area (Å²) < 4.78 is 10.0. The van der Waals surface area contributed by atoms with Crippen LogP contribution in [0.1, 0.15) is 220 Å². The number of hydrogen-bond acceptors (Lipinski definition) is 5. The van der Waals surface area contributed by atoms with Crippen molar-refractivity contribution in [2.45, 2.75) is 220 Å². The van der Waals surface area contributed by atoms with Crippen molar-refractivity contribution < 1.29 is 18.5 Å². The van der Waals surface area contributed by atoms with Gasteiger partial charge in [0.25, 0.3) is 0 Å². The van der Waals surface area contributed by atoms with Gasteiger partial charge in [-0.25, -0.2) is 0 Å². The lowest BCUT2D eigenvalue weighted by Gasteiger charge is -2.04. The Morgan fingerprint density at radius 1 is 0.395 bits per heavy atom. The van der Waals surface area contributed by atoms with Gasteiger partial charge in [-0.3, -0.25) is 9.59 Å². The van der Waals surface area contributed by atoms with Crippen LogP contribution in [-0.4, -0.2) is 24.3 Å². The molecule has 0 aliphatic heterocycles. The van der Waals surface area contributed by atoms with Gasteiger partial charge in [-0.1, -0.05) is 195 Å². The van der Waals surface area contributed by atoms with Crippen molar-refractivity contribution >= 4 is 24.0 Å². The van der Waals surface area contributed by atoms with E-state index in [0.29, 0.717) is 19.4 Å². The predicted octanol–water partition coefficient (Wildman–Crippen LogP) is 13.5. The highest BCUT2D eigenvalue weighted by Gasteiger charge is 2.00. The zero-order chi connectivity index (χ0) is 31.9. The van der Waals surface area contributed by atoms with E-state index in [-0.39, 0.29) is 11.9 Å². The Kier molecular flexibility index (Phi) is 42.6. The summed E-state index contributed by atoms with van der Waals surface area (Å²) in [6, 6.07) is 0. The lowest BCUT2D eigenvalue weighted by Crippen LogP contribution is -2.03. The van der Waals surface area contributed by atoms with E-state index in [1.165, 1.54) is 185 Å². The van der Waals surface area contributed by atoms with Gasteiger partial charge in [0.1, 0.15) is 0 Å². The van der Waals surface area contributed by atoms with Crippen molar-refractivity contribution in [2.24, 2.45) is 0 Å². The van der Waals surface area contributed by atoms with Gasteiger partial charge in [0.05, 0.1) is 18.6 Å². The molecule has 4 nitrogen and oxygen atoms in total. The fourth-order valence-corrected chi connectivity index (χ4v) is 5.76. The van der Waals surface area contributed by atoms with Crippen molar-refractivity contribution in [1.29, 1.82) is 0 Å². The Hall–Kier alpha value is -0.710. The molecule has 0 unspecified atom stereocenters. The smallest absolute Gasteiger partial charge is 0.317 e. The fraction of sp³-hybridized carbons (Fsp3) is 0.947. The van der Waals surface area contributed by atoms with E-state index in [4.69, 9.17) is 8.92 Å². The van der Waals surface area contributed by atoms with Crippen LogP contribution >= 0.6 is 12.0 Å². The highest BCUT2D eigenvalue weighted by Crippen LogP contribution is 2.15. The van der Waals surface area contributed by atoms with Gasteiger partial charge in [0, 0.05) is 18.6 Å². The Morgan fingerprint density at radius 3 is 1.02 bits per heavy atom. The van der Waals surface area contributed by atoms with Gasteiger partial charge >= 0.3 is 11.9 Å². The summed E-state index contributed by atoms with van der Waals surface area (Å²) in [7, 11) is 0. The standard InChI is InChI=1S/C21H42O2S.C17H34O2/c1-3-5-6-7-8-9-10-11-12-13-14-15-16-17-18-19-20-24-23-21(22)4-2;1-3-5-6-7-8-9-10-11-12-13-14-15-16-19-17(18)4-2/h3-20H2,1-2H3;3-16H2,1-2H3. The molecule has 5 heteroatoms. The lowest BCUT2D eigenvalue weighted by molar-refractivity contribution is -0.143. The number of carbonyl (C=O) groups excluding carboxylic acids is 2. The molecule has 0 aromatic rings. The summed E-state index contributed by atoms with van der Waals surface area (Å²) >= 11 is 1.32. The van der Waals surface area contributed by atoms with E-state index in [2.05, 4.69) is 13.8 Å². The average molecular weight is 629 g/mol. The summed E-state index contributed by atoms with van der Waals surface area (Å²) in [4.78, 5) is 21.8. The van der Waals surface area contributed by atoms with E-state index in [1.54, 1.807) is 0 Å². The topological polar surface area (TPSA) is 52.6 Å². The number of hydrogen-bond donors (Lipinski definition) is 0. The first-order valence-corrected chi connectivity index (χ1v) is 20.0. The average Bonchev–Trinajstić information content (AvgIpc) is 3.02. The Labute approximate surface area is 274 Å². The quantitative estimate of drug-likeness (QED) is 0.0411. The van der Waals surface area contributed by atoms with Crippen LogP contribution in [0, 0.1) is 0 Å². The molecule has 0 rings (SSSR count). The van der Waals surface area contributed by atoms with E-state index >= 15 is 0 Å². The normalized spacial score (nSPS) is 10.8. The number of rotatable bonds is 33. The largest absolute Gasteiger partial charge is 0.466 e. The first-order valence-electron chi connectivity index (χ1n) is 19.1. The molecule has 0 aromatic carbocycles. The van der Waals surface area contributed by atoms with Gasteiger partial charge in [0.15, 0.2) is 0 Å². The lowest BCUT2D eigenvalue weighted by atomic mass is 10.0. The SMILES string of the molecule is CCCCCCCCCCCCCCCCCCSOC(=O)CC.CCCCCCCCCCCCCCOC(=O)CC. The maximum Gasteiger partial charge on any atom is 0.317 e. The summed E-state index contributed by atoms with van der Waals surface area (Å²) in [6.07, 6.45) is 39.4. The third kappa shape index (κ3) is 43.5. The zero-order valence-corrected chi connectivity index (χ0v) is 30.5. The van der Waals surface area contributed by atoms with E-state index in [9.17, 15) is 9.59 Å². The van der Waals surface area contributed by atoms with E-state index in [1.807, 2.05) is 13.8 Å². The monoisotopic (exact) mass is 629 g/mol. The van der Waals surface area contributed by atoms with Gasteiger partial charge < -0.3 is 8.92 Å². The molecule has 0 N–H and O–H groups in total. The second-order valence-corrected chi connectivity index (χ2v) is 13.2. The molecule has 0 saturated carbocycles. The molecule has 0 bridgehead atoms. The van der Waals surface area contributed by atoms with Crippen molar-refractivity contribution in [3.05, 3.63) is 0 Å². The minimum Gasteiger partial charge on any atom is -0.466 e. The van der Waals surface area contributed by atoms with Crippen LogP contribution in [0.5, 0.6) is 0 Å². The summed E-state index contributed by atoms with van der Waals surface area (Å²) in [5, 5.41) is 0. The van der Waals surface area contributed by atoms with Crippen molar-refractivity contribution in [3.63, 3.8) is 0 Å². The van der Waals surface area contributed by atoms with Crippen LogP contribution in [0.4, 0.5) is 0 Å². The molecule has 0 saturated heterocycles. The minimum absolute atomic E-state index is 0.0666. The third-order valence-corrected chi connectivity index (χ3v) is 8.83. The van der Waals surface area contributed by atoms with Crippen LogP contribution in [0.2, 0.25) is 0 Å². The van der Waals surface area contributed by atoms with Gasteiger partial charge in [-0.05, 0) is 12.8 Å². The Balaban J connectivity index is 0. The number of esters is 1. The van der Waals surface area contributed by atoms with Gasteiger partial charge in [-0.15, -0.1) is 0 Å². The maximum atomic E-state index is 10.9. The highest BCUT2D eigenvalue weighted by atomic mass is 32.2. The molecular formula is C38H76O4S. The summed E-state index contributed by atoms with van der Waals surface area (Å²) in [6.45, 7) is 8.83. The summed E-state index contributed by atoms with van der Waals surface area (Å²) in [5.41, 5.74) is 0. The molecule has 0 fully saturated rings. The molecule has 0 spiro atoms. The molecule has 0 radical (unpaired) electrons. The second-order valence-electron chi connectivity index (χ2n) is 12.4. The van der Waals surface area contributed by atoms with Gasteiger partial charge in [0.2, 0.25) is 0 Å². The Morgan fingerprint density at radius 2 is 0.698 bits per heavy atom. The molecule has 0 heterocycles. The van der Waals surface area contributed by atoms with Crippen LogP contribution in [-0.2, 0) is 18.5 Å². The molecule has 0 amide bonds. The van der Waals surface area contributed by atoms with E-state index in [0.717, 1.165) is 12.2 Å². The number of unbranched alkanes of at least 4 members (excludes halogenated alkanes) is 26.